The van der Waals surface area contributed by atoms with Gasteiger partial charge in [-0.3, -0.25) is 0 Å². The van der Waals surface area contributed by atoms with Crippen LogP contribution in [-0.4, -0.2) is 25.8 Å². The van der Waals surface area contributed by atoms with E-state index in [0.717, 1.165) is 0 Å². The molecule has 0 heterocycles. The summed E-state index contributed by atoms with van der Waals surface area (Å²) >= 11 is 0. The number of likely N-dealkylation sites (N-methyl/N-ethyl adjacent to an activating group) is 1. The number of hydrogen-bond acceptors (Lipinski definition) is 2. The van der Waals surface area contributed by atoms with Crippen molar-refractivity contribution in [3.63, 3.8) is 0 Å². The lowest BCUT2D eigenvalue weighted by Crippen LogP contribution is -2.54. The Hall–Kier alpha value is -0.0800. The summed E-state index contributed by atoms with van der Waals surface area (Å²) in [5, 5.41) is 3.35. The van der Waals surface area contributed by atoms with Crippen LogP contribution in [0.2, 0.25) is 0 Å². The summed E-state index contributed by atoms with van der Waals surface area (Å²) in [7, 11) is 3.77. The first-order valence-corrected chi connectivity index (χ1v) is 4.74. The van der Waals surface area contributed by atoms with Gasteiger partial charge in [0.2, 0.25) is 0 Å². The van der Waals surface area contributed by atoms with Gasteiger partial charge in [-0.05, 0) is 26.8 Å². The minimum atomic E-state index is 0.0868. The smallest absolute Gasteiger partial charge is 0.0724 e. The maximum atomic E-state index is 5.37. The zero-order chi connectivity index (χ0) is 9.78. The van der Waals surface area contributed by atoms with Gasteiger partial charge < -0.3 is 10.1 Å². The minimum Gasteiger partial charge on any atom is -0.380 e. The maximum Gasteiger partial charge on any atom is 0.0724 e. The highest BCUT2D eigenvalue weighted by Crippen LogP contribution is 2.24. The highest BCUT2D eigenvalue weighted by atomic mass is 16.5. The minimum absolute atomic E-state index is 0.0868. The Labute approximate surface area is 76.7 Å². The molecule has 0 aliphatic carbocycles. The number of ether oxygens (including phenoxy) is 1. The average molecular weight is 173 g/mol. The van der Waals surface area contributed by atoms with Crippen LogP contribution in [0.3, 0.4) is 0 Å². The molecule has 0 aliphatic heterocycles. The molecule has 0 rings (SSSR count). The Morgan fingerprint density at radius 3 is 2.17 bits per heavy atom. The van der Waals surface area contributed by atoms with Crippen molar-refractivity contribution in [2.24, 2.45) is 5.92 Å². The van der Waals surface area contributed by atoms with Crippen LogP contribution in [0.25, 0.3) is 0 Å². The van der Waals surface area contributed by atoms with Crippen molar-refractivity contribution in [2.75, 3.05) is 14.2 Å². The van der Waals surface area contributed by atoms with E-state index in [9.17, 15) is 0 Å². The second-order valence-corrected chi connectivity index (χ2v) is 3.72. The Morgan fingerprint density at radius 1 is 1.42 bits per heavy atom. The molecule has 0 saturated carbocycles. The standard InChI is InChI=1S/C10H23NO/c1-7-8(2)10(4,11-5)9(3)12-6/h8-9,11H,7H2,1-6H3. The van der Waals surface area contributed by atoms with Gasteiger partial charge in [0.25, 0.3) is 0 Å². The van der Waals surface area contributed by atoms with E-state index in [1.165, 1.54) is 6.42 Å². The fraction of sp³-hybridized carbons (Fsp3) is 1.00. The Bertz CT molecular complexity index is 115. The van der Waals surface area contributed by atoms with Gasteiger partial charge in [-0.15, -0.1) is 0 Å². The van der Waals surface area contributed by atoms with Crippen LogP contribution in [0, 0.1) is 5.92 Å². The van der Waals surface area contributed by atoms with Crippen molar-refractivity contribution >= 4 is 0 Å². The first-order chi connectivity index (χ1) is 5.52. The van der Waals surface area contributed by atoms with Crippen molar-refractivity contribution in [2.45, 2.75) is 45.8 Å². The van der Waals surface area contributed by atoms with Crippen LogP contribution in [0.15, 0.2) is 0 Å². The Balaban J connectivity index is 4.42. The number of methoxy groups -OCH3 is 1. The summed E-state index contributed by atoms with van der Waals surface area (Å²) in [6, 6.07) is 0. The summed E-state index contributed by atoms with van der Waals surface area (Å²) in [4.78, 5) is 0. The fourth-order valence-electron chi connectivity index (χ4n) is 1.52. The van der Waals surface area contributed by atoms with Gasteiger partial charge in [0.1, 0.15) is 0 Å². The molecule has 2 heteroatoms. The van der Waals surface area contributed by atoms with Gasteiger partial charge in [0.05, 0.1) is 6.10 Å². The van der Waals surface area contributed by atoms with Crippen molar-refractivity contribution in [3.8, 4) is 0 Å². The van der Waals surface area contributed by atoms with Crippen LogP contribution >= 0.6 is 0 Å². The number of hydrogen-bond donors (Lipinski definition) is 1. The molecule has 0 aromatic carbocycles. The summed E-state index contributed by atoms with van der Waals surface area (Å²) in [6.07, 6.45) is 1.42. The Morgan fingerprint density at radius 2 is 1.92 bits per heavy atom. The quantitative estimate of drug-likeness (QED) is 0.687. The summed E-state index contributed by atoms with van der Waals surface area (Å²) < 4.78 is 5.37. The second-order valence-electron chi connectivity index (χ2n) is 3.72. The van der Waals surface area contributed by atoms with Crippen LogP contribution < -0.4 is 5.32 Å². The van der Waals surface area contributed by atoms with Crippen molar-refractivity contribution < 1.29 is 4.74 Å². The molecular weight excluding hydrogens is 150 g/mol. The van der Waals surface area contributed by atoms with Gasteiger partial charge in [0.15, 0.2) is 0 Å². The van der Waals surface area contributed by atoms with Crippen LogP contribution in [-0.2, 0) is 4.74 Å². The van der Waals surface area contributed by atoms with Gasteiger partial charge in [-0.1, -0.05) is 20.3 Å². The molecule has 0 aliphatic rings. The van der Waals surface area contributed by atoms with E-state index < -0.39 is 0 Å². The van der Waals surface area contributed by atoms with Crippen molar-refractivity contribution in [3.05, 3.63) is 0 Å². The molecule has 12 heavy (non-hydrogen) atoms. The lowest BCUT2D eigenvalue weighted by molar-refractivity contribution is 0.0142. The van der Waals surface area contributed by atoms with E-state index in [4.69, 9.17) is 4.74 Å². The third-order valence-corrected chi connectivity index (χ3v) is 3.37. The van der Waals surface area contributed by atoms with Crippen LogP contribution in [0.5, 0.6) is 0 Å². The molecule has 0 radical (unpaired) electrons. The van der Waals surface area contributed by atoms with Crippen molar-refractivity contribution in [1.82, 2.24) is 5.32 Å². The molecule has 2 nitrogen and oxygen atoms in total. The summed E-state index contributed by atoms with van der Waals surface area (Å²) in [5.74, 6) is 0.623. The summed E-state index contributed by atoms with van der Waals surface area (Å²) in [5.41, 5.74) is 0.0868. The van der Waals surface area contributed by atoms with Gasteiger partial charge in [-0.25, -0.2) is 0 Å². The molecule has 1 N–H and O–H groups in total. The molecule has 0 saturated heterocycles. The first-order valence-electron chi connectivity index (χ1n) is 4.74. The zero-order valence-corrected chi connectivity index (χ0v) is 9.27. The largest absolute Gasteiger partial charge is 0.380 e. The lowest BCUT2D eigenvalue weighted by Gasteiger charge is -2.39. The lowest BCUT2D eigenvalue weighted by atomic mass is 9.81. The predicted octanol–water partition coefficient (Wildman–Crippen LogP) is 2.05. The molecule has 3 unspecified atom stereocenters. The van der Waals surface area contributed by atoms with Crippen molar-refractivity contribution in [1.29, 1.82) is 0 Å². The molecule has 0 aromatic rings. The Kier molecular flexibility index (Phi) is 4.80. The average Bonchev–Trinajstić information content (AvgIpc) is 2.13. The van der Waals surface area contributed by atoms with E-state index in [1.807, 2.05) is 7.05 Å². The zero-order valence-electron chi connectivity index (χ0n) is 9.27. The third kappa shape index (κ3) is 2.20. The normalized spacial score (nSPS) is 21.5. The molecule has 0 aromatic heterocycles. The topological polar surface area (TPSA) is 21.3 Å². The van der Waals surface area contributed by atoms with Gasteiger partial charge in [-0.2, -0.15) is 0 Å². The molecular formula is C10H23NO. The van der Waals surface area contributed by atoms with E-state index in [-0.39, 0.29) is 11.6 Å². The molecule has 0 bridgehead atoms. The maximum absolute atomic E-state index is 5.37. The predicted molar refractivity (Wildman–Crippen MR) is 53.4 cm³/mol. The summed E-state index contributed by atoms with van der Waals surface area (Å²) in [6.45, 7) is 8.80. The molecule has 0 fully saturated rings. The van der Waals surface area contributed by atoms with Crippen LogP contribution in [0.4, 0.5) is 0 Å². The molecule has 0 spiro atoms. The highest BCUT2D eigenvalue weighted by molar-refractivity contribution is 4.91. The first kappa shape index (κ1) is 11.9. The van der Waals surface area contributed by atoms with Crippen LogP contribution in [0.1, 0.15) is 34.1 Å². The number of nitrogens with one attached hydrogen (secondary N) is 1. The van der Waals surface area contributed by atoms with E-state index in [2.05, 4.69) is 33.0 Å². The number of rotatable bonds is 5. The molecule has 0 amide bonds. The van der Waals surface area contributed by atoms with E-state index in [1.54, 1.807) is 7.11 Å². The van der Waals surface area contributed by atoms with Gasteiger partial charge in [0, 0.05) is 12.6 Å². The SMILES string of the molecule is CCC(C)C(C)(NC)C(C)OC. The molecule has 74 valence electrons. The van der Waals surface area contributed by atoms with Gasteiger partial charge >= 0.3 is 0 Å². The van der Waals surface area contributed by atoms with E-state index in [0.29, 0.717) is 5.92 Å². The molecule has 3 atom stereocenters. The second kappa shape index (κ2) is 4.83. The highest BCUT2D eigenvalue weighted by Gasteiger charge is 2.34. The fourth-order valence-corrected chi connectivity index (χ4v) is 1.52. The monoisotopic (exact) mass is 173 g/mol. The van der Waals surface area contributed by atoms with E-state index >= 15 is 0 Å². The third-order valence-electron chi connectivity index (χ3n) is 3.37.